The van der Waals surface area contributed by atoms with Crippen LogP contribution in [0, 0.1) is 0 Å². The third kappa shape index (κ3) is 6.96. The van der Waals surface area contributed by atoms with E-state index in [0.29, 0.717) is 13.1 Å². The van der Waals surface area contributed by atoms with Gasteiger partial charge in [-0.1, -0.05) is 12.2 Å². The summed E-state index contributed by atoms with van der Waals surface area (Å²) in [7, 11) is 1.35. The molecule has 5 heteroatoms. The van der Waals surface area contributed by atoms with Gasteiger partial charge in [-0.2, -0.15) is 0 Å². The molecule has 0 spiro atoms. The van der Waals surface area contributed by atoms with E-state index in [4.69, 9.17) is 0 Å². The highest BCUT2D eigenvalue weighted by molar-refractivity contribution is 5.79. The molecule has 0 aliphatic carbocycles. The van der Waals surface area contributed by atoms with E-state index in [9.17, 15) is 9.59 Å². The molecule has 0 atom stereocenters. The Bertz CT molecular complexity index is 327. The normalized spacial score (nSPS) is 10.7. The number of esters is 1. The van der Waals surface area contributed by atoms with Crippen molar-refractivity contribution in [1.82, 2.24) is 9.80 Å². The number of hydrogen-bond donors (Lipinski definition) is 0. The summed E-state index contributed by atoms with van der Waals surface area (Å²) in [5.41, 5.74) is 0.944. The van der Waals surface area contributed by atoms with Crippen molar-refractivity contribution in [2.75, 3.05) is 33.3 Å². The molecule has 0 aliphatic rings. The van der Waals surface area contributed by atoms with Gasteiger partial charge in [-0.15, -0.1) is 0 Å². The first-order chi connectivity index (χ1) is 8.81. The van der Waals surface area contributed by atoms with E-state index < -0.39 is 0 Å². The summed E-state index contributed by atoms with van der Waals surface area (Å²) in [6, 6.07) is 0.103. The number of carbonyl (C=O) groups is 2. The van der Waals surface area contributed by atoms with Crippen molar-refractivity contribution >= 4 is 11.9 Å². The second-order valence-corrected chi connectivity index (χ2v) is 4.94. The maximum atomic E-state index is 12.2. The minimum absolute atomic E-state index is 0.00287. The zero-order valence-electron chi connectivity index (χ0n) is 12.7. The van der Waals surface area contributed by atoms with Crippen LogP contribution in [0.1, 0.15) is 27.7 Å². The molecule has 0 aromatic rings. The van der Waals surface area contributed by atoms with Gasteiger partial charge in [0.05, 0.1) is 20.2 Å². The summed E-state index contributed by atoms with van der Waals surface area (Å²) in [5.74, 6) is -0.326. The molecule has 0 aliphatic heterocycles. The van der Waals surface area contributed by atoms with Crippen LogP contribution in [-0.2, 0) is 14.3 Å². The summed E-state index contributed by atoms with van der Waals surface area (Å²) in [4.78, 5) is 27.0. The zero-order valence-corrected chi connectivity index (χ0v) is 12.7. The molecule has 19 heavy (non-hydrogen) atoms. The van der Waals surface area contributed by atoms with Crippen LogP contribution >= 0.6 is 0 Å². The monoisotopic (exact) mass is 270 g/mol. The highest BCUT2D eigenvalue weighted by Gasteiger charge is 2.20. The van der Waals surface area contributed by atoms with E-state index >= 15 is 0 Å². The van der Waals surface area contributed by atoms with E-state index in [2.05, 4.69) is 11.3 Å². The average Bonchev–Trinajstić information content (AvgIpc) is 2.34. The minimum atomic E-state index is -0.329. The molecule has 0 saturated carbocycles. The van der Waals surface area contributed by atoms with Crippen LogP contribution in [0.2, 0.25) is 0 Å². The predicted molar refractivity (Wildman–Crippen MR) is 75.8 cm³/mol. The number of hydrogen-bond acceptors (Lipinski definition) is 4. The maximum Gasteiger partial charge on any atom is 0.319 e. The lowest BCUT2D eigenvalue weighted by atomic mass is 10.2. The summed E-state index contributed by atoms with van der Waals surface area (Å²) < 4.78 is 4.64. The lowest BCUT2D eigenvalue weighted by molar-refractivity contribution is -0.143. The maximum absolute atomic E-state index is 12.2. The molecule has 1 amide bonds. The molecule has 0 rings (SSSR count). The number of likely N-dealkylation sites (N-methyl/N-ethyl adjacent to an activating group) is 1. The Morgan fingerprint density at radius 3 is 2.16 bits per heavy atom. The number of carbonyl (C=O) groups excluding carboxylic acids is 2. The number of rotatable bonds is 8. The van der Waals surface area contributed by atoms with Gasteiger partial charge >= 0.3 is 5.97 Å². The van der Waals surface area contributed by atoms with Crippen molar-refractivity contribution in [1.29, 1.82) is 0 Å². The SMILES string of the molecule is C=C(C)CN(CC)C(=O)CN(CC(=O)OC)C(C)C. The van der Waals surface area contributed by atoms with E-state index in [1.807, 2.05) is 27.7 Å². The first kappa shape index (κ1) is 17.6. The van der Waals surface area contributed by atoms with Gasteiger partial charge in [-0.3, -0.25) is 14.5 Å². The third-order valence-electron chi connectivity index (χ3n) is 2.82. The van der Waals surface area contributed by atoms with Gasteiger partial charge in [0.1, 0.15) is 0 Å². The molecule has 0 aromatic carbocycles. The highest BCUT2D eigenvalue weighted by Crippen LogP contribution is 2.03. The number of methoxy groups -OCH3 is 1. The van der Waals surface area contributed by atoms with Crippen LogP contribution in [0.4, 0.5) is 0 Å². The fraction of sp³-hybridized carbons (Fsp3) is 0.714. The van der Waals surface area contributed by atoms with Crippen LogP contribution < -0.4 is 0 Å². The van der Waals surface area contributed by atoms with Crippen LogP contribution in [0.3, 0.4) is 0 Å². The number of amides is 1. The van der Waals surface area contributed by atoms with Crippen molar-refractivity contribution in [2.45, 2.75) is 33.7 Å². The first-order valence-corrected chi connectivity index (χ1v) is 6.54. The Morgan fingerprint density at radius 1 is 1.21 bits per heavy atom. The second kappa shape index (κ2) is 8.69. The molecule has 0 fully saturated rings. The Morgan fingerprint density at radius 2 is 1.79 bits per heavy atom. The quantitative estimate of drug-likeness (QED) is 0.493. The Kier molecular flexibility index (Phi) is 8.07. The van der Waals surface area contributed by atoms with Crippen LogP contribution in [0.5, 0.6) is 0 Å². The fourth-order valence-electron chi connectivity index (χ4n) is 1.63. The van der Waals surface area contributed by atoms with Gasteiger partial charge in [-0.05, 0) is 27.7 Å². The van der Waals surface area contributed by atoms with Gasteiger partial charge < -0.3 is 9.64 Å². The van der Waals surface area contributed by atoms with Gasteiger partial charge in [0.2, 0.25) is 5.91 Å². The van der Waals surface area contributed by atoms with Crippen molar-refractivity contribution < 1.29 is 14.3 Å². The highest BCUT2D eigenvalue weighted by atomic mass is 16.5. The second-order valence-electron chi connectivity index (χ2n) is 4.94. The van der Waals surface area contributed by atoms with Crippen LogP contribution in [0.25, 0.3) is 0 Å². The van der Waals surface area contributed by atoms with Crippen molar-refractivity contribution in [3.8, 4) is 0 Å². The average molecular weight is 270 g/mol. The molecule has 0 aromatic heterocycles. The molecule has 0 heterocycles. The molecule has 110 valence electrons. The first-order valence-electron chi connectivity index (χ1n) is 6.54. The summed E-state index contributed by atoms with van der Waals surface area (Å²) in [6.45, 7) is 13.1. The largest absolute Gasteiger partial charge is 0.468 e. The third-order valence-corrected chi connectivity index (χ3v) is 2.82. The lowest BCUT2D eigenvalue weighted by Gasteiger charge is -2.28. The van der Waals surface area contributed by atoms with Crippen molar-refractivity contribution in [3.63, 3.8) is 0 Å². The molecule has 5 nitrogen and oxygen atoms in total. The van der Waals surface area contributed by atoms with Gasteiger partial charge in [0.15, 0.2) is 0 Å². The molecule has 0 saturated heterocycles. The van der Waals surface area contributed by atoms with Gasteiger partial charge in [0, 0.05) is 19.1 Å². The van der Waals surface area contributed by atoms with Crippen molar-refractivity contribution in [2.24, 2.45) is 0 Å². The Balaban J connectivity index is 4.60. The standard InChI is InChI=1S/C14H26N2O3/c1-7-15(8-11(2)3)13(17)9-16(12(4)5)10-14(18)19-6/h12H,2,7-10H2,1,3-6H3. The molecular formula is C14H26N2O3. The van der Waals surface area contributed by atoms with Gasteiger partial charge in [0.25, 0.3) is 0 Å². The zero-order chi connectivity index (χ0) is 15.0. The smallest absolute Gasteiger partial charge is 0.319 e. The molecule has 0 N–H and O–H groups in total. The van der Waals surface area contributed by atoms with E-state index in [1.165, 1.54) is 7.11 Å². The number of ether oxygens (including phenoxy) is 1. The van der Waals surface area contributed by atoms with Crippen LogP contribution in [0.15, 0.2) is 12.2 Å². The number of nitrogens with zero attached hydrogens (tertiary/aromatic N) is 2. The summed E-state index contributed by atoms with van der Waals surface area (Å²) >= 11 is 0. The topological polar surface area (TPSA) is 49.9 Å². The summed E-state index contributed by atoms with van der Waals surface area (Å²) in [5, 5.41) is 0. The molecular weight excluding hydrogens is 244 g/mol. The fourth-order valence-corrected chi connectivity index (χ4v) is 1.63. The van der Waals surface area contributed by atoms with E-state index in [1.54, 1.807) is 9.80 Å². The summed E-state index contributed by atoms with van der Waals surface area (Å²) in [6.07, 6.45) is 0. The Hall–Kier alpha value is -1.36. The van der Waals surface area contributed by atoms with E-state index in [0.717, 1.165) is 5.57 Å². The molecule has 0 radical (unpaired) electrons. The molecule has 0 unspecified atom stereocenters. The lowest BCUT2D eigenvalue weighted by Crippen LogP contribution is -2.45. The van der Waals surface area contributed by atoms with Gasteiger partial charge in [-0.25, -0.2) is 0 Å². The minimum Gasteiger partial charge on any atom is -0.468 e. The predicted octanol–water partition coefficient (Wildman–Crippen LogP) is 1.29. The Labute approximate surface area is 116 Å². The van der Waals surface area contributed by atoms with E-state index in [-0.39, 0.29) is 31.0 Å². The van der Waals surface area contributed by atoms with Crippen molar-refractivity contribution in [3.05, 3.63) is 12.2 Å². The molecule has 0 bridgehead atoms. The van der Waals surface area contributed by atoms with Crippen LogP contribution in [-0.4, -0.2) is 61.0 Å².